The van der Waals surface area contributed by atoms with Crippen LogP contribution >= 0.6 is 23.2 Å². The monoisotopic (exact) mass is 666 g/mol. The molecule has 1 saturated heterocycles. The van der Waals surface area contributed by atoms with Gasteiger partial charge in [0.2, 0.25) is 6.41 Å². The summed E-state index contributed by atoms with van der Waals surface area (Å²) in [6.45, 7) is 8.92. The Morgan fingerprint density at radius 1 is 0.957 bits per heavy atom. The molecule has 0 radical (unpaired) electrons. The van der Waals surface area contributed by atoms with Gasteiger partial charge in [0.25, 0.3) is 5.91 Å². The summed E-state index contributed by atoms with van der Waals surface area (Å²) in [5.74, 6) is 1.25. The highest BCUT2D eigenvalue weighted by molar-refractivity contribution is 6.31. The van der Waals surface area contributed by atoms with Crippen LogP contribution in [0.25, 0.3) is 10.9 Å². The van der Waals surface area contributed by atoms with Crippen molar-refractivity contribution in [2.24, 2.45) is 0 Å². The van der Waals surface area contributed by atoms with Crippen molar-refractivity contribution in [3.63, 3.8) is 0 Å². The number of H-pyrrole nitrogens is 1. The second-order valence-electron chi connectivity index (χ2n) is 11.1. The first-order valence-electron chi connectivity index (χ1n) is 15.3. The number of methoxy groups -OCH3 is 1. The first-order chi connectivity index (χ1) is 22.1. The predicted molar refractivity (Wildman–Crippen MR) is 182 cm³/mol. The van der Waals surface area contributed by atoms with Crippen molar-refractivity contribution in [3.05, 3.63) is 93.6 Å². The molecule has 244 valence electrons. The zero-order valence-electron chi connectivity index (χ0n) is 26.7. The van der Waals surface area contributed by atoms with Crippen LogP contribution in [-0.2, 0) is 16.0 Å². The van der Waals surface area contributed by atoms with Crippen LogP contribution in [0.3, 0.4) is 0 Å². The second kappa shape index (κ2) is 15.4. The van der Waals surface area contributed by atoms with Gasteiger partial charge in [0.05, 0.1) is 19.8 Å². The number of nitrogens with zero attached hydrogens (tertiary/aromatic N) is 2. The van der Waals surface area contributed by atoms with Crippen LogP contribution in [0.1, 0.15) is 57.0 Å². The number of aromatic amines is 1. The number of ether oxygens (including phenoxy) is 2. The number of halogens is 2. The van der Waals surface area contributed by atoms with E-state index in [4.69, 9.17) is 32.7 Å². The zero-order chi connectivity index (χ0) is 33.4. The van der Waals surface area contributed by atoms with Crippen molar-refractivity contribution in [1.29, 1.82) is 0 Å². The molecule has 11 heteroatoms. The van der Waals surface area contributed by atoms with E-state index in [9.17, 15) is 14.4 Å². The van der Waals surface area contributed by atoms with E-state index in [0.29, 0.717) is 36.9 Å². The average molecular weight is 668 g/mol. The number of hydrogen-bond donors (Lipinski definition) is 2. The number of nitrogens with one attached hydrogen (secondary N) is 2. The van der Waals surface area contributed by atoms with Crippen LogP contribution in [0.2, 0.25) is 10.0 Å². The number of carbonyl (C=O) groups is 3. The highest BCUT2D eigenvalue weighted by Crippen LogP contribution is 2.38. The van der Waals surface area contributed by atoms with E-state index in [1.165, 1.54) is 10.5 Å². The molecule has 46 heavy (non-hydrogen) atoms. The largest absolute Gasteiger partial charge is 0.497 e. The summed E-state index contributed by atoms with van der Waals surface area (Å²) in [6, 6.07) is 20.2. The minimum absolute atomic E-state index is 0.218. The van der Waals surface area contributed by atoms with Crippen molar-refractivity contribution in [2.75, 3.05) is 26.8 Å². The molecule has 1 aromatic heterocycles. The third kappa shape index (κ3) is 7.59. The van der Waals surface area contributed by atoms with Crippen molar-refractivity contribution in [3.8, 4) is 11.5 Å². The molecule has 0 spiro atoms. The third-order valence-corrected chi connectivity index (χ3v) is 8.48. The molecule has 1 fully saturated rings. The van der Waals surface area contributed by atoms with Gasteiger partial charge in [0.15, 0.2) is 0 Å². The molecule has 2 aliphatic rings. The topological polar surface area (TPSA) is 104 Å². The van der Waals surface area contributed by atoms with Gasteiger partial charge in [0.1, 0.15) is 17.0 Å². The number of amides is 4. The standard InChI is InChI=1S/C26H27ClN4O4.C7H7ClO.C2H6/c1-26(2)24(33)29-25(34)31(26)11-3-13-35-18-7-4-16(5-8-18)23-22-19(10-12-30(23)15-32)20-14-17(27)6-9-21(20)28-22;1-9-7-4-2-6(8)3-5-7;1-2/h4-9,14-15,23,28H,3,10-13H2,1-2H3,(H,29,33,34);2-5H,1H3;1-2H3. The number of fused-ring (bicyclic) bond motifs is 3. The Kier molecular flexibility index (Phi) is 11.6. The summed E-state index contributed by atoms with van der Waals surface area (Å²) in [5, 5.41) is 4.87. The van der Waals surface area contributed by atoms with Crippen LogP contribution in [0.4, 0.5) is 4.79 Å². The molecule has 0 saturated carbocycles. The average Bonchev–Trinajstić information content (AvgIpc) is 3.52. The highest BCUT2D eigenvalue weighted by Gasteiger charge is 2.45. The lowest BCUT2D eigenvalue weighted by Crippen LogP contribution is -2.44. The van der Waals surface area contributed by atoms with Crippen LogP contribution < -0.4 is 14.8 Å². The molecule has 1 unspecified atom stereocenters. The Bertz CT molecular complexity index is 1650. The maximum atomic E-state index is 12.0. The van der Waals surface area contributed by atoms with Crippen LogP contribution in [0.15, 0.2) is 66.7 Å². The summed E-state index contributed by atoms with van der Waals surface area (Å²) in [5.41, 5.74) is 3.34. The number of carbonyl (C=O) groups excluding carboxylic acids is 3. The van der Waals surface area contributed by atoms with Gasteiger partial charge < -0.3 is 24.3 Å². The molecule has 2 aliphatic heterocycles. The molecule has 4 amide bonds. The second-order valence-corrected chi connectivity index (χ2v) is 12.0. The maximum absolute atomic E-state index is 12.0. The van der Waals surface area contributed by atoms with E-state index in [0.717, 1.165) is 45.8 Å². The number of rotatable bonds is 8. The fraction of sp³-hybridized carbons (Fsp3) is 0.343. The summed E-state index contributed by atoms with van der Waals surface area (Å²) < 4.78 is 10.8. The molecule has 0 aliphatic carbocycles. The van der Waals surface area contributed by atoms with Gasteiger partial charge >= 0.3 is 6.03 Å². The predicted octanol–water partition coefficient (Wildman–Crippen LogP) is 7.40. The van der Waals surface area contributed by atoms with E-state index in [1.54, 1.807) is 38.0 Å². The lowest BCUT2D eigenvalue weighted by molar-refractivity contribution is -0.125. The normalized spacial score (nSPS) is 16.5. The fourth-order valence-electron chi connectivity index (χ4n) is 5.56. The van der Waals surface area contributed by atoms with Gasteiger partial charge in [-0.3, -0.25) is 14.9 Å². The van der Waals surface area contributed by atoms with Gasteiger partial charge in [0, 0.05) is 39.7 Å². The summed E-state index contributed by atoms with van der Waals surface area (Å²) >= 11 is 11.8. The first kappa shape index (κ1) is 34.7. The summed E-state index contributed by atoms with van der Waals surface area (Å²) in [6.07, 6.45) is 2.26. The fourth-order valence-corrected chi connectivity index (χ4v) is 5.85. The number of benzene rings is 3. The van der Waals surface area contributed by atoms with Crippen LogP contribution in [0, 0.1) is 0 Å². The van der Waals surface area contributed by atoms with E-state index in [-0.39, 0.29) is 18.0 Å². The Hall–Kier alpha value is -4.21. The van der Waals surface area contributed by atoms with Crippen molar-refractivity contribution < 1.29 is 23.9 Å². The summed E-state index contributed by atoms with van der Waals surface area (Å²) in [4.78, 5) is 42.6. The molecule has 1 atom stereocenters. The number of aromatic nitrogens is 1. The molecule has 4 aromatic rings. The number of urea groups is 1. The van der Waals surface area contributed by atoms with E-state index in [2.05, 4.69) is 10.3 Å². The Morgan fingerprint density at radius 2 is 1.61 bits per heavy atom. The number of imide groups is 1. The van der Waals surface area contributed by atoms with Crippen LogP contribution in [-0.4, -0.2) is 65.5 Å². The maximum Gasteiger partial charge on any atom is 0.324 e. The summed E-state index contributed by atoms with van der Waals surface area (Å²) in [7, 11) is 1.63. The molecule has 0 bridgehead atoms. The minimum atomic E-state index is -0.851. The minimum Gasteiger partial charge on any atom is -0.497 e. The molecule has 9 nitrogen and oxygen atoms in total. The van der Waals surface area contributed by atoms with Crippen molar-refractivity contribution in [1.82, 2.24) is 20.1 Å². The van der Waals surface area contributed by atoms with Gasteiger partial charge in [-0.15, -0.1) is 0 Å². The van der Waals surface area contributed by atoms with E-state index >= 15 is 0 Å². The lowest BCUT2D eigenvalue weighted by Gasteiger charge is -2.33. The molecular formula is C35H40Cl2N4O5. The molecule has 3 heterocycles. The molecule has 6 rings (SSSR count). The lowest BCUT2D eigenvalue weighted by atomic mass is 9.93. The quantitative estimate of drug-likeness (QED) is 0.116. The number of hydrogen-bond acceptors (Lipinski definition) is 5. The van der Waals surface area contributed by atoms with Gasteiger partial charge in [-0.25, -0.2) is 4.79 Å². The van der Waals surface area contributed by atoms with Crippen LogP contribution in [0.5, 0.6) is 11.5 Å². The molecule has 3 aromatic carbocycles. The van der Waals surface area contributed by atoms with E-state index < -0.39 is 5.54 Å². The molecule has 2 N–H and O–H groups in total. The third-order valence-electron chi connectivity index (χ3n) is 8.00. The Labute approximate surface area is 279 Å². The Balaban J connectivity index is 0.000000374. The zero-order valence-corrected chi connectivity index (χ0v) is 28.2. The Morgan fingerprint density at radius 3 is 2.22 bits per heavy atom. The van der Waals surface area contributed by atoms with Gasteiger partial charge in [-0.2, -0.15) is 0 Å². The van der Waals surface area contributed by atoms with Crippen molar-refractivity contribution >= 4 is 52.5 Å². The van der Waals surface area contributed by atoms with Crippen molar-refractivity contribution in [2.45, 2.75) is 52.1 Å². The van der Waals surface area contributed by atoms with Gasteiger partial charge in [-0.05, 0) is 92.4 Å². The van der Waals surface area contributed by atoms with Gasteiger partial charge in [-0.1, -0.05) is 49.2 Å². The first-order valence-corrected chi connectivity index (χ1v) is 16.0. The molecular weight excluding hydrogens is 627 g/mol. The highest BCUT2D eigenvalue weighted by atomic mass is 35.5. The SMILES string of the molecule is CC.CC1(C)C(=O)NC(=O)N1CCCOc1ccc(C2c3[nH]c4ccc(Cl)cc4c3CCN2C=O)cc1.COc1ccc(Cl)cc1. The smallest absolute Gasteiger partial charge is 0.324 e. The van der Waals surface area contributed by atoms with E-state index in [1.807, 2.05) is 68.4 Å².